The Labute approximate surface area is 110 Å². The lowest BCUT2D eigenvalue weighted by Crippen LogP contribution is -2.40. The maximum absolute atomic E-state index is 10.1. The van der Waals surface area contributed by atoms with Crippen molar-refractivity contribution in [3.8, 4) is 0 Å². The minimum absolute atomic E-state index is 0.0333. The molecule has 0 aliphatic carbocycles. The smallest absolute Gasteiger partial charge is 0.423 e. The molecule has 0 saturated carbocycles. The molecule has 0 saturated heterocycles. The number of rotatable bonds is 5. The molecule has 0 aromatic heterocycles. The summed E-state index contributed by atoms with van der Waals surface area (Å²) in [6.07, 6.45) is 0. The second-order valence-electron chi connectivity index (χ2n) is 5.80. The van der Waals surface area contributed by atoms with E-state index in [2.05, 4.69) is 0 Å². The molecule has 0 fully saturated rings. The van der Waals surface area contributed by atoms with Crippen LogP contribution >= 0.6 is 0 Å². The van der Waals surface area contributed by atoms with Crippen LogP contribution in [0.25, 0.3) is 0 Å². The number of hydrogen-bond donors (Lipinski definition) is 2. The predicted octanol–water partition coefficient (Wildman–Crippen LogP) is 1.33. The Balaban J connectivity index is 2.82. The highest BCUT2D eigenvalue weighted by Crippen LogP contribution is 2.15. The highest BCUT2D eigenvalue weighted by Gasteiger charge is 2.25. The fraction of sp³-hybridized carbons (Fsp3) is 0.571. The second kappa shape index (κ2) is 5.87. The van der Waals surface area contributed by atoms with Crippen molar-refractivity contribution in [1.82, 2.24) is 0 Å². The molecule has 1 aromatic carbocycles. The van der Waals surface area contributed by atoms with E-state index in [9.17, 15) is 5.02 Å². The van der Waals surface area contributed by atoms with Crippen molar-refractivity contribution in [3.63, 3.8) is 0 Å². The standard InChI is InChI=1S/C14H23BO3/c1-10-6-11(2)13(12(3)7-10)15(17)18-9-14(4,5)8-16/h6-7,16-17H,8-9H2,1-5H3. The maximum atomic E-state index is 10.1. The predicted molar refractivity (Wildman–Crippen MR) is 75.1 cm³/mol. The van der Waals surface area contributed by atoms with Gasteiger partial charge in [-0.1, -0.05) is 42.7 Å². The minimum Gasteiger partial charge on any atom is -0.423 e. The molecule has 0 unspecified atom stereocenters. The van der Waals surface area contributed by atoms with Crippen LogP contribution in [0.2, 0.25) is 0 Å². The van der Waals surface area contributed by atoms with E-state index in [0.717, 1.165) is 16.6 Å². The van der Waals surface area contributed by atoms with E-state index in [1.807, 2.05) is 46.8 Å². The van der Waals surface area contributed by atoms with E-state index < -0.39 is 7.12 Å². The van der Waals surface area contributed by atoms with Crippen molar-refractivity contribution >= 4 is 12.6 Å². The first-order valence-corrected chi connectivity index (χ1v) is 6.25. The van der Waals surface area contributed by atoms with Crippen LogP contribution in [-0.2, 0) is 4.65 Å². The summed E-state index contributed by atoms with van der Waals surface area (Å²) in [5.74, 6) is 0. The second-order valence-corrected chi connectivity index (χ2v) is 5.80. The minimum atomic E-state index is -0.934. The molecule has 1 aromatic rings. The highest BCUT2D eigenvalue weighted by atomic mass is 16.5. The normalized spacial score (nSPS) is 11.7. The maximum Gasteiger partial charge on any atom is 0.491 e. The van der Waals surface area contributed by atoms with E-state index >= 15 is 0 Å². The van der Waals surface area contributed by atoms with Crippen LogP contribution in [0.3, 0.4) is 0 Å². The molecule has 100 valence electrons. The van der Waals surface area contributed by atoms with Crippen LogP contribution in [0.15, 0.2) is 12.1 Å². The Hall–Kier alpha value is -0.835. The summed E-state index contributed by atoms with van der Waals surface area (Å²) in [6.45, 7) is 10.1. The Morgan fingerprint density at radius 3 is 2.11 bits per heavy atom. The Bertz CT molecular complexity index is 392. The third-order valence-corrected chi connectivity index (χ3v) is 3.04. The van der Waals surface area contributed by atoms with E-state index in [1.165, 1.54) is 5.56 Å². The molecule has 0 amide bonds. The van der Waals surface area contributed by atoms with Gasteiger partial charge in [-0.15, -0.1) is 0 Å². The van der Waals surface area contributed by atoms with Crippen LogP contribution in [-0.4, -0.2) is 30.5 Å². The van der Waals surface area contributed by atoms with E-state index in [-0.39, 0.29) is 12.0 Å². The van der Waals surface area contributed by atoms with Gasteiger partial charge in [0.2, 0.25) is 0 Å². The van der Waals surface area contributed by atoms with Gasteiger partial charge in [0, 0.05) is 12.0 Å². The first-order chi connectivity index (χ1) is 8.26. The van der Waals surface area contributed by atoms with Crippen LogP contribution < -0.4 is 5.46 Å². The largest absolute Gasteiger partial charge is 0.491 e. The van der Waals surface area contributed by atoms with E-state index in [1.54, 1.807) is 0 Å². The molecule has 0 atom stereocenters. The van der Waals surface area contributed by atoms with Gasteiger partial charge >= 0.3 is 7.12 Å². The lowest BCUT2D eigenvalue weighted by atomic mass is 9.73. The van der Waals surface area contributed by atoms with Crippen LogP contribution in [0, 0.1) is 26.2 Å². The molecule has 1 rings (SSSR count). The van der Waals surface area contributed by atoms with Gasteiger partial charge in [0.25, 0.3) is 0 Å². The number of aliphatic hydroxyl groups excluding tert-OH is 1. The van der Waals surface area contributed by atoms with Gasteiger partial charge in [-0.2, -0.15) is 0 Å². The first-order valence-electron chi connectivity index (χ1n) is 6.25. The summed E-state index contributed by atoms with van der Waals surface area (Å²) in [6, 6.07) is 4.07. The van der Waals surface area contributed by atoms with E-state index in [4.69, 9.17) is 9.76 Å². The molecular weight excluding hydrogens is 227 g/mol. The molecule has 0 heterocycles. The van der Waals surface area contributed by atoms with Crippen LogP contribution in [0.4, 0.5) is 0 Å². The summed E-state index contributed by atoms with van der Waals surface area (Å²) in [7, 11) is -0.934. The van der Waals surface area contributed by atoms with Gasteiger partial charge in [-0.3, -0.25) is 0 Å². The SMILES string of the molecule is Cc1cc(C)c(B(O)OCC(C)(C)CO)c(C)c1. The van der Waals surface area contributed by atoms with Gasteiger partial charge in [-0.25, -0.2) is 0 Å². The topological polar surface area (TPSA) is 49.7 Å². The van der Waals surface area contributed by atoms with Crippen molar-refractivity contribution in [2.75, 3.05) is 13.2 Å². The van der Waals surface area contributed by atoms with Gasteiger partial charge in [0.05, 0.1) is 6.61 Å². The van der Waals surface area contributed by atoms with Gasteiger partial charge in [0.15, 0.2) is 0 Å². The summed E-state index contributed by atoms with van der Waals surface area (Å²) < 4.78 is 5.48. The molecule has 0 aliphatic rings. The summed E-state index contributed by atoms with van der Waals surface area (Å²) >= 11 is 0. The average molecular weight is 250 g/mol. The number of aryl methyl sites for hydroxylation is 3. The Morgan fingerprint density at radius 1 is 1.17 bits per heavy atom. The first kappa shape index (κ1) is 15.2. The number of hydrogen-bond acceptors (Lipinski definition) is 3. The van der Waals surface area contributed by atoms with Gasteiger partial charge in [-0.05, 0) is 26.2 Å². The van der Waals surface area contributed by atoms with Crippen molar-refractivity contribution in [2.24, 2.45) is 5.41 Å². The summed E-state index contributed by atoms with van der Waals surface area (Å²) in [5, 5.41) is 19.3. The molecule has 0 aliphatic heterocycles. The number of benzene rings is 1. The molecule has 0 bridgehead atoms. The third-order valence-electron chi connectivity index (χ3n) is 3.04. The Morgan fingerprint density at radius 2 is 1.67 bits per heavy atom. The van der Waals surface area contributed by atoms with E-state index in [0.29, 0.717) is 6.61 Å². The quantitative estimate of drug-likeness (QED) is 0.775. The van der Waals surface area contributed by atoms with Crippen molar-refractivity contribution in [2.45, 2.75) is 34.6 Å². The average Bonchev–Trinajstić information content (AvgIpc) is 2.25. The highest BCUT2D eigenvalue weighted by molar-refractivity contribution is 6.61. The zero-order valence-corrected chi connectivity index (χ0v) is 11.9. The fourth-order valence-electron chi connectivity index (χ4n) is 2.01. The molecule has 3 nitrogen and oxygen atoms in total. The van der Waals surface area contributed by atoms with Crippen LogP contribution in [0.1, 0.15) is 30.5 Å². The zero-order valence-electron chi connectivity index (χ0n) is 11.9. The monoisotopic (exact) mass is 250 g/mol. The Kier molecular flexibility index (Phi) is 4.96. The summed E-state index contributed by atoms with van der Waals surface area (Å²) in [5.41, 5.74) is 3.72. The van der Waals surface area contributed by atoms with Crippen molar-refractivity contribution in [1.29, 1.82) is 0 Å². The lowest BCUT2D eigenvalue weighted by molar-refractivity contribution is 0.0886. The lowest BCUT2D eigenvalue weighted by Gasteiger charge is -2.23. The van der Waals surface area contributed by atoms with Gasteiger partial charge in [0.1, 0.15) is 0 Å². The molecule has 4 heteroatoms. The number of aliphatic hydroxyl groups is 1. The molecular formula is C14H23BO3. The summed E-state index contributed by atoms with van der Waals surface area (Å²) in [4.78, 5) is 0. The zero-order chi connectivity index (χ0) is 13.9. The van der Waals surface area contributed by atoms with Crippen molar-refractivity contribution in [3.05, 3.63) is 28.8 Å². The fourth-order valence-corrected chi connectivity index (χ4v) is 2.01. The molecule has 0 radical (unpaired) electrons. The molecule has 2 N–H and O–H groups in total. The van der Waals surface area contributed by atoms with Crippen molar-refractivity contribution < 1.29 is 14.8 Å². The molecule has 0 spiro atoms. The van der Waals surface area contributed by atoms with Gasteiger partial charge < -0.3 is 14.8 Å². The molecule has 18 heavy (non-hydrogen) atoms. The van der Waals surface area contributed by atoms with Crippen LogP contribution in [0.5, 0.6) is 0 Å². The third kappa shape index (κ3) is 3.84.